The van der Waals surface area contributed by atoms with Crippen LogP contribution in [0.4, 0.5) is 5.69 Å². The SMILES string of the molecule is COC(=O)c1ccc(Cl)c(NC(=O)c2cnc[nH]c2=O)c1. The standard InChI is InChI=1S/C13H10ClN3O4/c1-21-13(20)7-2-3-9(14)10(4-7)17-12(19)8-5-15-6-16-11(8)18/h2-6H,1H3,(H,17,19)(H,15,16,18). The van der Waals surface area contributed by atoms with Crippen molar-refractivity contribution < 1.29 is 14.3 Å². The summed E-state index contributed by atoms with van der Waals surface area (Å²) in [4.78, 5) is 40.9. The van der Waals surface area contributed by atoms with Crippen LogP contribution in [0.1, 0.15) is 20.7 Å². The Morgan fingerprint density at radius 3 is 2.81 bits per heavy atom. The predicted molar refractivity (Wildman–Crippen MR) is 75.6 cm³/mol. The van der Waals surface area contributed by atoms with Gasteiger partial charge in [-0.05, 0) is 18.2 Å². The Balaban J connectivity index is 2.31. The minimum Gasteiger partial charge on any atom is -0.465 e. The van der Waals surface area contributed by atoms with Crippen molar-refractivity contribution in [2.75, 3.05) is 12.4 Å². The monoisotopic (exact) mass is 307 g/mol. The molecule has 1 aromatic carbocycles. The molecular formula is C13H10ClN3O4. The van der Waals surface area contributed by atoms with Gasteiger partial charge in [-0.15, -0.1) is 0 Å². The molecule has 1 aromatic heterocycles. The number of hydrogen-bond acceptors (Lipinski definition) is 5. The molecule has 0 aliphatic heterocycles. The summed E-state index contributed by atoms with van der Waals surface area (Å²) in [6.07, 6.45) is 2.30. The minimum atomic E-state index is -0.687. The van der Waals surface area contributed by atoms with Crippen molar-refractivity contribution in [1.29, 1.82) is 0 Å². The van der Waals surface area contributed by atoms with E-state index < -0.39 is 17.4 Å². The number of methoxy groups -OCH3 is 1. The van der Waals surface area contributed by atoms with Crippen molar-refractivity contribution in [3.05, 3.63) is 57.2 Å². The van der Waals surface area contributed by atoms with E-state index in [1.165, 1.54) is 31.6 Å². The second-order valence-corrected chi connectivity index (χ2v) is 4.34. The maximum absolute atomic E-state index is 12.0. The van der Waals surface area contributed by atoms with Gasteiger partial charge in [0.25, 0.3) is 11.5 Å². The molecule has 0 unspecified atom stereocenters. The first-order valence-electron chi connectivity index (χ1n) is 5.75. The Hall–Kier alpha value is -2.67. The molecule has 2 aromatic rings. The number of esters is 1. The number of nitrogens with one attached hydrogen (secondary N) is 2. The van der Waals surface area contributed by atoms with Crippen molar-refractivity contribution in [2.45, 2.75) is 0 Å². The molecular weight excluding hydrogens is 298 g/mol. The maximum atomic E-state index is 12.0. The Morgan fingerprint density at radius 2 is 2.14 bits per heavy atom. The van der Waals surface area contributed by atoms with E-state index in [9.17, 15) is 14.4 Å². The van der Waals surface area contributed by atoms with E-state index in [-0.39, 0.29) is 21.8 Å². The van der Waals surface area contributed by atoms with E-state index in [1.54, 1.807) is 0 Å². The quantitative estimate of drug-likeness (QED) is 0.836. The Kier molecular flexibility index (Phi) is 4.34. The van der Waals surface area contributed by atoms with E-state index in [4.69, 9.17) is 11.6 Å². The van der Waals surface area contributed by atoms with Gasteiger partial charge in [-0.25, -0.2) is 9.78 Å². The predicted octanol–water partition coefficient (Wildman–Crippen LogP) is 1.46. The average Bonchev–Trinajstić information content (AvgIpc) is 2.49. The van der Waals surface area contributed by atoms with Crippen molar-refractivity contribution in [2.24, 2.45) is 0 Å². The van der Waals surface area contributed by atoms with E-state index in [0.29, 0.717) is 0 Å². The van der Waals surface area contributed by atoms with Crippen LogP contribution in [0.15, 0.2) is 35.5 Å². The molecule has 21 heavy (non-hydrogen) atoms. The van der Waals surface area contributed by atoms with Gasteiger partial charge in [0.15, 0.2) is 0 Å². The molecule has 108 valence electrons. The molecule has 0 saturated carbocycles. The molecule has 0 aliphatic rings. The number of anilines is 1. The van der Waals surface area contributed by atoms with Crippen LogP contribution in [0, 0.1) is 0 Å². The summed E-state index contributed by atoms with van der Waals surface area (Å²) in [5.74, 6) is -1.25. The van der Waals surface area contributed by atoms with Crippen molar-refractivity contribution >= 4 is 29.2 Å². The van der Waals surface area contributed by atoms with E-state index in [0.717, 1.165) is 6.20 Å². The number of nitrogens with zero attached hydrogens (tertiary/aromatic N) is 1. The van der Waals surface area contributed by atoms with Crippen LogP contribution in [0.3, 0.4) is 0 Å². The molecule has 8 heteroatoms. The van der Waals surface area contributed by atoms with Gasteiger partial charge in [-0.1, -0.05) is 11.6 Å². The third-order valence-electron chi connectivity index (χ3n) is 2.60. The molecule has 0 spiro atoms. The lowest BCUT2D eigenvalue weighted by atomic mass is 10.2. The molecule has 7 nitrogen and oxygen atoms in total. The first-order valence-corrected chi connectivity index (χ1v) is 6.12. The third kappa shape index (κ3) is 3.26. The number of aromatic amines is 1. The number of carbonyl (C=O) groups is 2. The van der Waals surface area contributed by atoms with Gasteiger partial charge in [0.1, 0.15) is 5.56 Å². The number of benzene rings is 1. The number of rotatable bonds is 3. The van der Waals surface area contributed by atoms with Gasteiger partial charge in [0.2, 0.25) is 0 Å². The van der Waals surface area contributed by atoms with Crippen LogP contribution in [-0.4, -0.2) is 29.0 Å². The number of ether oxygens (including phenoxy) is 1. The van der Waals surface area contributed by atoms with Crippen LogP contribution < -0.4 is 10.9 Å². The van der Waals surface area contributed by atoms with Crippen LogP contribution in [0.2, 0.25) is 5.02 Å². The average molecular weight is 308 g/mol. The lowest BCUT2D eigenvalue weighted by Crippen LogP contribution is -2.23. The molecule has 0 bridgehead atoms. The maximum Gasteiger partial charge on any atom is 0.337 e. The fourth-order valence-corrected chi connectivity index (χ4v) is 1.73. The van der Waals surface area contributed by atoms with Gasteiger partial charge in [-0.3, -0.25) is 9.59 Å². The fraction of sp³-hybridized carbons (Fsp3) is 0.0769. The summed E-state index contributed by atoms with van der Waals surface area (Å²) in [5, 5.41) is 2.67. The number of amides is 1. The summed E-state index contributed by atoms with van der Waals surface area (Å²) in [5.41, 5.74) is -0.343. The molecule has 1 heterocycles. The number of halogens is 1. The van der Waals surface area contributed by atoms with Crippen molar-refractivity contribution in [3.63, 3.8) is 0 Å². The first-order chi connectivity index (χ1) is 10.0. The smallest absolute Gasteiger partial charge is 0.337 e. The summed E-state index contributed by atoms with van der Waals surface area (Å²) in [6.45, 7) is 0. The topological polar surface area (TPSA) is 101 Å². The third-order valence-corrected chi connectivity index (χ3v) is 2.93. The number of aromatic nitrogens is 2. The van der Waals surface area contributed by atoms with Gasteiger partial charge in [0, 0.05) is 6.20 Å². The summed E-state index contributed by atoms with van der Waals surface area (Å²) in [6, 6.07) is 4.26. The molecule has 0 radical (unpaired) electrons. The van der Waals surface area contributed by atoms with Crippen molar-refractivity contribution in [3.8, 4) is 0 Å². The number of H-pyrrole nitrogens is 1. The summed E-state index contributed by atoms with van der Waals surface area (Å²) >= 11 is 5.95. The van der Waals surface area contributed by atoms with E-state index in [1.807, 2.05) is 0 Å². The second kappa shape index (κ2) is 6.19. The van der Waals surface area contributed by atoms with Gasteiger partial charge < -0.3 is 15.0 Å². The minimum absolute atomic E-state index is 0.169. The molecule has 2 N–H and O–H groups in total. The molecule has 0 saturated heterocycles. The highest BCUT2D eigenvalue weighted by Gasteiger charge is 2.14. The van der Waals surface area contributed by atoms with Crippen LogP contribution in [0.5, 0.6) is 0 Å². The lowest BCUT2D eigenvalue weighted by Gasteiger charge is -2.08. The lowest BCUT2D eigenvalue weighted by molar-refractivity contribution is 0.0600. The zero-order valence-corrected chi connectivity index (χ0v) is 11.6. The second-order valence-electron chi connectivity index (χ2n) is 3.93. The summed E-state index contributed by atoms with van der Waals surface area (Å²) in [7, 11) is 1.24. The Labute approximate surface area is 123 Å². The Morgan fingerprint density at radius 1 is 1.38 bits per heavy atom. The highest BCUT2D eigenvalue weighted by molar-refractivity contribution is 6.34. The molecule has 0 aliphatic carbocycles. The molecule has 1 amide bonds. The van der Waals surface area contributed by atoms with Gasteiger partial charge >= 0.3 is 5.97 Å². The van der Waals surface area contributed by atoms with Gasteiger partial charge in [0.05, 0.1) is 29.7 Å². The number of carbonyl (C=O) groups excluding carboxylic acids is 2. The van der Waals surface area contributed by atoms with Gasteiger partial charge in [-0.2, -0.15) is 0 Å². The van der Waals surface area contributed by atoms with Crippen molar-refractivity contribution in [1.82, 2.24) is 9.97 Å². The normalized spacial score (nSPS) is 10.0. The van der Waals surface area contributed by atoms with Crippen LogP contribution >= 0.6 is 11.6 Å². The molecule has 0 atom stereocenters. The van der Waals surface area contributed by atoms with Crippen LogP contribution in [0.25, 0.3) is 0 Å². The first kappa shape index (κ1) is 14.7. The Bertz CT molecular complexity index is 757. The zero-order valence-electron chi connectivity index (χ0n) is 10.8. The largest absolute Gasteiger partial charge is 0.465 e. The molecule has 0 fully saturated rings. The highest BCUT2D eigenvalue weighted by Crippen LogP contribution is 2.23. The molecule has 2 rings (SSSR count). The zero-order chi connectivity index (χ0) is 15.4. The fourth-order valence-electron chi connectivity index (χ4n) is 1.56. The van der Waals surface area contributed by atoms with E-state index in [2.05, 4.69) is 20.0 Å². The summed E-state index contributed by atoms with van der Waals surface area (Å²) < 4.78 is 4.58. The van der Waals surface area contributed by atoms with Crippen LogP contribution in [-0.2, 0) is 4.74 Å². The highest BCUT2D eigenvalue weighted by atomic mass is 35.5. The van der Waals surface area contributed by atoms with E-state index >= 15 is 0 Å². The number of hydrogen-bond donors (Lipinski definition) is 2.